The van der Waals surface area contributed by atoms with Gasteiger partial charge in [-0.05, 0) is 42.7 Å². The molecule has 1 aliphatic rings. The van der Waals surface area contributed by atoms with Gasteiger partial charge in [-0.3, -0.25) is 9.69 Å². The van der Waals surface area contributed by atoms with E-state index >= 15 is 0 Å². The Morgan fingerprint density at radius 2 is 1.97 bits per heavy atom. The number of carboxylic acid groups (broad SMARTS) is 1. The number of piperidine rings is 1. The Morgan fingerprint density at radius 3 is 2.62 bits per heavy atom. The van der Waals surface area contributed by atoms with Crippen molar-refractivity contribution in [1.82, 2.24) is 15.1 Å². The second-order valence-corrected chi connectivity index (χ2v) is 9.70. The fourth-order valence-corrected chi connectivity index (χ4v) is 4.67. The molecule has 6 nitrogen and oxygen atoms in total. The molecule has 1 aliphatic heterocycles. The number of nitrogens with zero attached hydrogens (tertiary/aromatic N) is 3. The van der Waals surface area contributed by atoms with Crippen molar-refractivity contribution < 1.29 is 14.6 Å². The van der Waals surface area contributed by atoms with Crippen LogP contribution >= 0.6 is 11.3 Å². The minimum absolute atomic E-state index is 0.250. The minimum atomic E-state index is -0.250. The number of aromatic nitrogens is 2. The van der Waals surface area contributed by atoms with Gasteiger partial charge < -0.3 is 9.84 Å². The standard InChI is InChI=1S/C21H31N3OS.CH2O2/c1-6-25-18-10-8-7-9-17(18)20-23-22-19(26-20)14-24-12-15(2)11-16(13-24)21(3,4)5;2-1-3/h7-10,15-16H,6,11-14H2,1-5H3;1H,(H,2,3)/t15-,16?;/m1./s1. The highest BCUT2D eigenvalue weighted by Crippen LogP contribution is 2.37. The molecule has 1 fully saturated rings. The van der Waals surface area contributed by atoms with Crippen LogP contribution in [0.4, 0.5) is 0 Å². The molecular formula is C22H33N3O3S. The van der Waals surface area contributed by atoms with Crippen LogP contribution in [0, 0.1) is 17.3 Å². The second kappa shape index (κ2) is 10.7. The largest absolute Gasteiger partial charge is 0.493 e. The zero-order valence-electron chi connectivity index (χ0n) is 18.1. The monoisotopic (exact) mass is 419 g/mol. The second-order valence-electron chi connectivity index (χ2n) is 8.63. The van der Waals surface area contributed by atoms with Crippen molar-refractivity contribution in [3.63, 3.8) is 0 Å². The van der Waals surface area contributed by atoms with Crippen molar-refractivity contribution in [3.8, 4) is 16.3 Å². The van der Waals surface area contributed by atoms with Crippen molar-refractivity contribution in [3.05, 3.63) is 29.3 Å². The average Bonchev–Trinajstić information content (AvgIpc) is 3.10. The van der Waals surface area contributed by atoms with Crippen molar-refractivity contribution >= 4 is 17.8 Å². The Labute approximate surface area is 177 Å². The number of para-hydroxylation sites is 1. The van der Waals surface area contributed by atoms with Crippen molar-refractivity contribution in [2.45, 2.75) is 47.6 Å². The average molecular weight is 420 g/mol. The predicted octanol–water partition coefficient (Wildman–Crippen LogP) is 4.81. The molecule has 3 rings (SSSR count). The Bertz CT molecular complexity index is 773. The van der Waals surface area contributed by atoms with Gasteiger partial charge in [-0.1, -0.05) is 51.2 Å². The van der Waals surface area contributed by atoms with Crippen LogP contribution in [0.5, 0.6) is 5.75 Å². The summed E-state index contributed by atoms with van der Waals surface area (Å²) in [6.07, 6.45) is 1.32. The highest BCUT2D eigenvalue weighted by atomic mass is 32.1. The van der Waals surface area contributed by atoms with E-state index in [1.807, 2.05) is 25.1 Å². The van der Waals surface area contributed by atoms with Crippen molar-refractivity contribution in [1.29, 1.82) is 0 Å². The van der Waals surface area contributed by atoms with Crippen molar-refractivity contribution in [2.24, 2.45) is 17.3 Å². The van der Waals surface area contributed by atoms with Crippen LogP contribution in [0.15, 0.2) is 24.3 Å². The van der Waals surface area contributed by atoms with Crippen LogP contribution in [0.2, 0.25) is 0 Å². The van der Waals surface area contributed by atoms with Gasteiger partial charge >= 0.3 is 0 Å². The van der Waals surface area contributed by atoms with Crippen LogP contribution in [0.1, 0.15) is 46.0 Å². The zero-order valence-corrected chi connectivity index (χ0v) is 18.9. The molecule has 2 heterocycles. The first-order chi connectivity index (χ1) is 13.8. The van der Waals surface area contributed by atoms with Crippen LogP contribution in [-0.4, -0.2) is 46.4 Å². The van der Waals surface area contributed by atoms with E-state index < -0.39 is 0 Å². The van der Waals surface area contributed by atoms with Gasteiger partial charge in [0.2, 0.25) is 0 Å². The van der Waals surface area contributed by atoms with Crippen LogP contribution in [-0.2, 0) is 11.3 Å². The first-order valence-electron chi connectivity index (χ1n) is 10.1. The lowest BCUT2D eigenvalue weighted by molar-refractivity contribution is -0.122. The normalized spacial score (nSPS) is 19.9. The Morgan fingerprint density at radius 1 is 1.28 bits per heavy atom. The number of ether oxygens (including phenoxy) is 1. The van der Waals surface area contributed by atoms with Gasteiger partial charge in [0, 0.05) is 13.1 Å². The highest BCUT2D eigenvalue weighted by molar-refractivity contribution is 7.14. The van der Waals surface area contributed by atoms with Gasteiger partial charge in [0.1, 0.15) is 10.8 Å². The number of hydrogen-bond donors (Lipinski definition) is 1. The molecule has 2 aromatic rings. The molecule has 29 heavy (non-hydrogen) atoms. The molecule has 0 saturated carbocycles. The summed E-state index contributed by atoms with van der Waals surface area (Å²) in [6, 6.07) is 8.09. The summed E-state index contributed by atoms with van der Waals surface area (Å²) in [5.74, 6) is 2.36. The third kappa shape index (κ3) is 6.78. The summed E-state index contributed by atoms with van der Waals surface area (Å²) in [5, 5.41) is 17.8. The maximum Gasteiger partial charge on any atom is 0.290 e. The van der Waals surface area contributed by atoms with Gasteiger partial charge in [0.05, 0.1) is 18.7 Å². The maximum atomic E-state index is 8.36. The van der Waals surface area contributed by atoms with E-state index in [1.165, 1.54) is 6.42 Å². The van der Waals surface area contributed by atoms with E-state index in [9.17, 15) is 0 Å². The molecule has 2 atom stereocenters. The lowest BCUT2D eigenvalue weighted by Gasteiger charge is -2.42. The number of carbonyl (C=O) groups is 1. The summed E-state index contributed by atoms with van der Waals surface area (Å²) in [6.45, 7) is 15.1. The Kier molecular flexibility index (Phi) is 8.59. The first-order valence-corrected chi connectivity index (χ1v) is 10.9. The van der Waals surface area contributed by atoms with E-state index in [2.05, 4.69) is 48.9 Å². The molecule has 1 unspecified atom stereocenters. The zero-order chi connectivity index (χ0) is 21.4. The first kappa shape index (κ1) is 23.3. The molecule has 0 aliphatic carbocycles. The molecule has 0 amide bonds. The molecule has 1 N–H and O–H groups in total. The van der Waals surface area contributed by atoms with E-state index in [0.717, 1.165) is 52.8 Å². The third-order valence-electron chi connectivity index (χ3n) is 5.20. The number of rotatable bonds is 5. The van der Waals surface area contributed by atoms with Gasteiger partial charge in [-0.2, -0.15) is 0 Å². The molecule has 160 valence electrons. The lowest BCUT2D eigenvalue weighted by Crippen LogP contribution is -2.43. The fourth-order valence-electron chi connectivity index (χ4n) is 3.76. The molecule has 0 spiro atoms. The van der Waals surface area contributed by atoms with Gasteiger partial charge in [0.25, 0.3) is 6.47 Å². The SMILES string of the molecule is CCOc1ccccc1-c1nnc(CN2CC(C(C)(C)C)C[C@@H](C)C2)s1.O=CO. The third-order valence-corrected chi connectivity index (χ3v) is 6.14. The summed E-state index contributed by atoms with van der Waals surface area (Å²) >= 11 is 1.69. The Balaban J connectivity index is 0.000000941. The van der Waals surface area contributed by atoms with E-state index in [-0.39, 0.29) is 6.47 Å². The quantitative estimate of drug-likeness (QED) is 0.701. The van der Waals surface area contributed by atoms with Crippen molar-refractivity contribution in [2.75, 3.05) is 19.7 Å². The molecule has 1 aromatic carbocycles. The number of benzene rings is 1. The number of hydrogen-bond acceptors (Lipinski definition) is 6. The fraction of sp³-hybridized carbons (Fsp3) is 0.591. The topological polar surface area (TPSA) is 75.6 Å². The minimum Gasteiger partial charge on any atom is -0.493 e. The van der Waals surface area contributed by atoms with Crippen LogP contribution in [0.25, 0.3) is 10.6 Å². The molecule has 7 heteroatoms. The predicted molar refractivity (Wildman–Crippen MR) is 117 cm³/mol. The van der Waals surface area contributed by atoms with E-state index in [0.29, 0.717) is 12.0 Å². The highest BCUT2D eigenvalue weighted by Gasteiger charge is 2.32. The molecule has 0 radical (unpaired) electrons. The molecular weight excluding hydrogens is 386 g/mol. The van der Waals surface area contributed by atoms with Crippen LogP contribution < -0.4 is 4.74 Å². The van der Waals surface area contributed by atoms with Gasteiger partial charge in [-0.15, -0.1) is 10.2 Å². The van der Waals surface area contributed by atoms with E-state index in [4.69, 9.17) is 14.6 Å². The summed E-state index contributed by atoms with van der Waals surface area (Å²) < 4.78 is 5.74. The summed E-state index contributed by atoms with van der Waals surface area (Å²) in [5.41, 5.74) is 1.40. The molecule has 1 aromatic heterocycles. The molecule has 1 saturated heterocycles. The Hall–Kier alpha value is -1.99. The lowest BCUT2D eigenvalue weighted by atomic mass is 9.74. The maximum absolute atomic E-state index is 8.36. The van der Waals surface area contributed by atoms with Gasteiger partial charge in [-0.25, -0.2) is 0 Å². The smallest absolute Gasteiger partial charge is 0.290 e. The van der Waals surface area contributed by atoms with Gasteiger partial charge in [0.15, 0.2) is 5.01 Å². The number of likely N-dealkylation sites (tertiary alicyclic amines) is 1. The summed E-state index contributed by atoms with van der Waals surface area (Å²) in [4.78, 5) is 10.9. The van der Waals surface area contributed by atoms with E-state index in [1.54, 1.807) is 11.3 Å². The summed E-state index contributed by atoms with van der Waals surface area (Å²) in [7, 11) is 0. The molecule has 0 bridgehead atoms. The van der Waals surface area contributed by atoms with Crippen LogP contribution in [0.3, 0.4) is 0 Å².